The standard InChI is InChI=1S/C8H12N4O6/c9-6(16)7-10-2-12(11-7)18-8-5(15)4(14)3(1-13)17-8/h2-5,8,13-15H,1H2,(H2,9,16)/t3-,4-,5-,8+/m1/s1. The fraction of sp³-hybridized carbons (Fsp3) is 0.625. The number of amides is 1. The molecule has 100 valence electrons. The Morgan fingerprint density at radius 3 is 2.78 bits per heavy atom. The number of aliphatic hydroxyl groups is 3. The Hall–Kier alpha value is -1.75. The Bertz CT molecular complexity index is 437. The molecular weight excluding hydrogens is 248 g/mol. The molecule has 0 bridgehead atoms. The van der Waals surface area contributed by atoms with E-state index in [4.69, 9.17) is 20.4 Å². The average Bonchev–Trinajstić information content (AvgIpc) is 2.90. The maximum absolute atomic E-state index is 10.7. The van der Waals surface area contributed by atoms with Crippen LogP contribution in [0.25, 0.3) is 0 Å². The first-order valence-corrected chi connectivity index (χ1v) is 5.04. The molecule has 1 aliphatic heterocycles. The Morgan fingerprint density at radius 2 is 2.28 bits per heavy atom. The predicted molar refractivity (Wildman–Crippen MR) is 52.9 cm³/mol. The van der Waals surface area contributed by atoms with E-state index in [1.165, 1.54) is 0 Å². The minimum atomic E-state index is -1.36. The van der Waals surface area contributed by atoms with Crippen molar-refractivity contribution in [2.45, 2.75) is 24.6 Å². The number of nitrogens with two attached hydrogens (primary N) is 1. The molecule has 1 aromatic rings. The molecular formula is C8H12N4O6. The fourth-order valence-electron chi connectivity index (χ4n) is 1.47. The molecule has 4 atom stereocenters. The van der Waals surface area contributed by atoms with E-state index in [0.29, 0.717) is 0 Å². The molecule has 0 aromatic carbocycles. The van der Waals surface area contributed by atoms with Gasteiger partial charge in [-0.1, -0.05) is 4.85 Å². The van der Waals surface area contributed by atoms with Crippen molar-refractivity contribution in [2.75, 3.05) is 6.61 Å². The lowest BCUT2D eigenvalue weighted by atomic mass is 10.1. The number of aliphatic hydroxyl groups excluding tert-OH is 3. The second-order valence-corrected chi connectivity index (χ2v) is 3.65. The largest absolute Gasteiger partial charge is 0.394 e. The molecule has 0 spiro atoms. The van der Waals surface area contributed by atoms with Crippen LogP contribution in [-0.2, 0) is 4.74 Å². The van der Waals surface area contributed by atoms with Crippen molar-refractivity contribution >= 4 is 5.91 Å². The van der Waals surface area contributed by atoms with Gasteiger partial charge in [0.2, 0.25) is 5.82 Å². The molecule has 1 aliphatic rings. The number of carbonyl (C=O) groups is 1. The lowest BCUT2D eigenvalue weighted by Gasteiger charge is -2.14. The van der Waals surface area contributed by atoms with Gasteiger partial charge < -0.3 is 30.6 Å². The smallest absolute Gasteiger partial charge is 0.288 e. The molecule has 1 amide bonds. The van der Waals surface area contributed by atoms with Gasteiger partial charge >= 0.3 is 0 Å². The van der Waals surface area contributed by atoms with E-state index >= 15 is 0 Å². The second kappa shape index (κ2) is 4.86. The van der Waals surface area contributed by atoms with Crippen LogP contribution in [0.5, 0.6) is 0 Å². The maximum atomic E-state index is 10.7. The average molecular weight is 260 g/mol. The van der Waals surface area contributed by atoms with Crippen molar-refractivity contribution < 1.29 is 29.7 Å². The summed E-state index contributed by atoms with van der Waals surface area (Å²) in [6.45, 7) is -0.470. The van der Waals surface area contributed by atoms with Gasteiger partial charge in [0.1, 0.15) is 18.3 Å². The number of carbonyl (C=O) groups excluding carboxylic acids is 1. The van der Waals surface area contributed by atoms with Crippen LogP contribution in [0.1, 0.15) is 10.6 Å². The van der Waals surface area contributed by atoms with Crippen molar-refractivity contribution in [1.82, 2.24) is 14.9 Å². The van der Waals surface area contributed by atoms with Crippen molar-refractivity contribution in [1.29, 1.82) is 0 Å². The molecule has 2 rings (SSSR count). The van der Waals surface area contributed by atoms with E-state index in [9.17, 15) is 15.0 Å². The van der Waals surface area contributed by atoms with Gasteiger partial charge in [-0.25, -0.2) is 4.98 Å². The minimum Gasteiger partial charge on any atom is -0.394 e. The minimum absolute atomic E-state index is 0.262. The van der Waals surface area contributed by atoms with Crippen LogP contribution in [0.3, 0.4) is 0 Å². The Morgan fingerprint density at radius 1 is 1.56 bits per heavy atom. The molecule has 10 heteroatoms. The van der Waals surface area contributed by atoms with Crippen LogP contribution in [0.2, 0.25) is 0 Å². The number of aromatic nitrogens is 3. The number of rotatable bonds is 4. The molecule has 1 saturated heterocycles. The first-order valence-electron chi connectivity index (χ1n) is 5.04. The number of hydrogen-bond donors (Lipinski definition) is 4. The molecule has 0 saturated carbocycles. The van der Waals surface area contributed by atoms with E-state index in [1.807, 2.05) is 0 Å². The molecule has 5 N–H and O–H groups in total. The van der Waals surface area contributed by atoms with Gasteiger partial charge in [0.15, 0.2) is 6.33 Å². The zero-order chi connectivity index (χ0) is 13.3. The normalized spacial score (nSPS) is 31.5. The number of ether oxygens (including phenoxy) is 1. The maximum Gasteiger partial charge on any atom is 0.288 e. The fourth-order valence-corrected chi connectivity index (χ4v) is 1.47. The number of primary amides is 1. The van der Waals surface area contributed by atoms with Gasteiger partial charge in [-0.05, 0) is 0 Å². The summed E-state index contributed by atoms with van der Waals surface area (Å²) in [7, 11) is 0. The van der Waals surface area contributed by atoms with Gasteiger partial charge in [0, 0.05) is 0 Å². The second-order valence-electron chi connectivity index (χ2n) is 3.65. The van der Waals surface area contributed by atoms with Gasteiger partial charge in [-0.2, -0.15) is 0 Å². The summed E-state index contributed by atoms with van der Waals surface area (Å²) in [6.07, 6.45) is -3.78. The summed E-state index contributed by atoms with van der Waals surface area (Å²) < 4.78 is 5.03. The lowest BCUT2D eigenvalue weighted by Crippen LogP contribution is -2.38. The summed E-state index contributed by atoms with van der Waals surface area (Å²) in [6, 6.07) is 0. The van der Waals surface area contributed by atoms with Gasteiger partial charge in [-0.3, -0.25) is 4.79 Å². The molecule has 10 nitrogen and oxygen atoms in total. The highest BCUT2D eigenvalue weighted by atomic mass is 16.8. The van der Waals surface area contributed by atoms with Crippen molar-refractivity contribution in [3.63, 3.8) is 0 Å². The van der Waals surface area contributed by atoms with Gasteiger partial charge in [0.25, 0.3) is 12.2 Å². The number of nitrogens with zero attached hydrogens (tertiary/aromatic N) is 3. The molecule has 1 fully saturated rings. The van der Waals surface area contributed by atoms with Crippen LogP contribution < -0.4 is 10.6 Å². The Labute approximate surface area is 101 Å². The van der Waals surface area contributed by atoms with Crippen LogP contribution in [0.15, 0.2) is 6.33 Å². The van der Waals surface area contributed by atoms with Crippen LogP contribution in [0, 0.1) is 0 Å². The summed E-state index contributed by atoms with van der Waals surface area (Å²) in [4.78, 5) is 20.1. The van der Waals surface area contributed by atoms with E-state index in [2.05, 4.69) is 10.1 Å². The highest BCUT2D eigenvalue weighted by Crippen LogP contribution is 2.20. The molecule has 0 radical (unpaired) electrons. The first kappa shape index (κ1) is 12.7. The van der Waals surface area contributed by atoms with Gasteiger partial charge in [0.05, 0.1) is 6.61 Å². The summed E-state index contributed by atoms with van der Waals surface area (Å²) >= 11 is 0. The molecule has 0 unspecified atom stereocenters. The van der Waals surface area contributed by atoms with Crippen LogP contribution >= 0.6 is 0 Å². The van der Waals surface area contributed by atoms with E-state index in [0.717, 1.165) is 11.2 Å². The molecule has 1 aromatic heterocycles. The third-order valence-electron chi connectivity index (χ3n) is 2.40. The first-order chi connectivity index (χ1) is 8.52. The quantitative estimate of drug-likeness (QED) is 0.430. The molecule has 0 aliphatic carbocycles. The van der Waals surface area contributed by atoms with Crippen LogP contribution in [0.4, 0.5) is 0 Å². The summed E-state index contributed by atoms with van der Waals surface area (Å²) in [5.41, 5.74) is 4.94. The Kier molecular flexibility index (Phi) is 3.43. The van der Waals surface area contributed by atoms with Crippen molar-refractivity contribution in [3.05, 3.63) is 12.2 Å². The molecule has 2 heterocycles. The van der Waals surface area contributed by atoms with Crippen molar-refractivity contribution in [2.24, 2.45) is 5.73 Å². The SMILES string of the molecule is NC(=O)c1ncn(O[C@@H]2O[C@H](CO)[C@@H](O)[C@H]2O)n1. The lowest BCUT2D eigenvalue weighted by molar-refractivity contribution is -0.178. The Balaban J connectivity index is 2.03. The third kappa shape index (κ3) is 2.26. The zero-order valence-electron chi connectivity index (χ0n) is 9.08. The van der Waals surface area contributed by atoms with Crippen LogP contribution in [-0.4, -0.2) is 67.4 Å². The zero-order valence-corrected chi connectivity index (χ0v) is 9.08. The highest BCUT2D eigenvalue weighted by molar-refractivity contribution is 5.88. The number of hydrogen-bond acceptors (Lipinski definition) is 8. The predicted octanol–water partition coefficient (Wildman–Crippen LogP) is -3.76. The highest BCUT2D eigenvalue weighted by Gasteiger charge is 2.44. The monoisotopic (exact) mass is 260 g/mol. The topological polar surface area (TPSA) is 153 Å². The molecule has 18 heavy (non-hydrogen) atoms. The summed E-state index contributed by atoms with van der Waals surface area (Å²) in [5.74, 6) is -1.10. The van der Waals surface area contributed by atoms with Crippen molar-refractivity contribution in [3.8, 4) is 0 Å². The third-order valence-corrected chi connectivity index (χ3v) is 2.40. The van der Waals surface area contributed by atoms with E-state index in [1.54, 1.807) is 0 Å². The van der Waals surface area contributed by atoms with E-state index in [-0.39, 0.29) is 5.82 Å². The summed E-state index contributed by atoms with van der Waals surface area (Å²) in [5, 5.41) is 31.5. The van der Waals surface area contributed by atoms with Gasteiger partial charge in [-0.15, -0.1) is 5.10 Å². The van der Waals surface area contributed by atoms with E-state index < -0.39 is 37.1 Å².